The SMILES string of the molecule is C/C(=C/C(=O)NCc1n[nH]c(=S)n1C(C)C)c1ccncc1. The van der Waals surface area contributed by atoms with Crippen LogP contribution in [0.3, 0.4) is 0 Å². The molecule has 0 aliphatic heterocycles. The first kappa shape index (κ1) is 16.1. The van der Waals surface area contributed by atoms with Gasteiger partial charge in [-0.3, -0.25) is 14.9 Å². The zero-order valence-corrected chi connectivity index (χ0v) is 13.6. The molecule has 0 aliphatic rings. The van der Waals surface area contributed by atoms with Gasteiger partial charge < -0.3 is 9.88 Å². The summed E-state index contributed by atoms with van der Waals surface area (Å²) < 4.78 is 2.44. The van der Waals surface area contributed by atoms with Crippen molar-refractivity contribution >= 4 is 23.7 Å². The zero-order valence-electron chi connectivity index (χ0n) is 12.8. The number of hydrogen-bond donors (Lipinski definition) is 2. The number of aromatic nitrogens is 4. The molecule has 2 N–H and O–H groups in total. The fourth-order valence-corrected chi connectivity index (χ4v) is 2.47. The van der Waals surface area contributed by atoms with E-state index < -0.39 is 0 Å². The van der Waals surface area contributed by atoms with Crippen molar-refractivity contribution in [3.8, 4) is 0 Å². The van der Waals surface area contributed by atoms with Crippen molar-refractivity contribution in [2.45, 2.75) is 33.4 Å². The van der Waals surface area contributed by atoms with Crippen LogP contribution in [0, 0.1) is 4.77 Å². The van der Waals surface area contributed by atoms with Gasteiger partial charge in [-0.15, -0.1) is 0 Å². The van der Waals surface area contributed by atoms with E-state index in [-0.39, 0.29) is 11.9 Å². The molecule has 0 aliphatic carbocycles. The number of carbonyl (C=O) groups excluding carboxylic acids is 1. The normalized spacial score (nSPS) is 11.7. The average molecular weight is 317 g/mol. The minimum absolute atomic E-state index is 0.168. The van der Waals surface area contributed by atoms with Gasteiger partial charge in [-0.25, -0.2) is 0 Å². The molecule has 0 unspecified atom stereocenters. The summed E-state index contributed by atoms with van der Waals surface area (Å²) in [5.41, 5.74) is 1.85. The number of rotatable bonds is 5. The first-order valence-corrected chi connectivity index (χ1v) is 7.42. The number of aromatic amines is 1. The molecule has 7 heteroatoms. The van der Waals surface area contributed by atoms with Crippen LogP contribution < -0.4 is 5.32 Å². The van der Waals surface area contributed by atoms with Crippen LogP contribution in [-0.2, 0) is 11.3 Å². The average Bonchev–Trinajstić information content (AvgIpc) is 2.87. The molecule has 2 aromatic heterocycles. The Morgan fingerprint density at radius 3 is 2.77 bits per heavy atom. The third-order valence-corrected chi connectivity index (χ3v) is 3.49. The van der Waals surface area contributed by atoms with Crippen LogP contribution >= 0.6 is 12.2 Å². The Hall–Kier alpha value is -2.28. The van der Waals surface area contributed by atoms with Gasteiger partial charge >= 0.3 is 0 Å². The number of pyridine rings is 1. The number of nitrogens with one attached hydrogen (secondary N) is 2. The second-order valence-corrected chi connectivity index (χ2v) is 5.58. The first-order chi connectivity index (χ1) is 10.5. The minimum Gasteiger partial charge on any atom is -0.345 e. The van der Waals surface area contributed by atoms with E-state index in [9.17, 15) is 4.79 Å². The molecule has 0 radical (unpaired) electrons. The summed E-state index contributed by atoms with van der Waals surface area (Å²) in [7, 11) is 0. The lowest BCUT2D eigenvalue weighted by Crippen LogP contribution is -2.23. The lowest BCUT2D eigenvalue weighted by Gasteiger charge is -2.10. The molecule has 2 heterocycles. The standard InChI is InChI=1S/C15H19N5OS/c1-10(2)20-13(18-19-15(20)22)9-17-14(21)8-11(3)12-4-6-16-7-5-12/h4-8,10H,9H2,1-3H3,(H,17,21)(H,19,22)/b11-8-. The van der Waals surface area contributed by atoms with Crippen LogP contribution in [0.15, 0.2) is 30.6 Å². The summed E-state index contributed by atoms with van der Waals surface area (Å²) in [6.45, 7) is 6.25. The number of nitrogens with zero attached hydrogens (tertiary/aromatic N) is 3. The molecular weight excluding hydrogens is 298 g/mol. The highest BCUT2D eigenvalue weighted by Gasteiger charge is 2.10. The Bertz CT molecular complexity index is 730. The van der Waals surface area contributed by atoms with Crippen molar-refractivity contribution in [3.05, 3.63) is 46.8 Å². The van der Waals surface area contributed by atoms with Crippen LogP contribution in [0.25, 0.3) is 5.57 Å². The molecule has 0 saturated carbocycles. The lowest BCUT2D eigenvalue weighted by molar-refractivity contribution is -0.116. The molecule has 0 spiro atoms. The maximum Gasteiger partial charge on any atom is 0.244 e. The number of carbonyl (C=O) groups is 1. The number of allylic oxidation sites excluding steroid dienone is 1. The highest BCUT2D eigenvalue weighted by atomic mass is 32.1. The molecule has 0 aromatic carbocycles. The van der Waals surface area contributed by atoms with E-state index in [1.807, 2.05) is 37.5 Å². The zero-order chi connectivity index (χ0) is 16.1. The number of H-pyrrole nitrogens is 1. The Kier molecular flexibility index (Phi) is 5.21. The highest BCUT2D eigenvalue weighted by molar-refractivity contribution is 7.71. The quantitative estimate of drug-likeness (QED) is 0.656. The van der Waals surface area contributed by atoms with Crippen molar-refractivity contribution in [2.75, 3.05) is 0 Å². The summed E-state index contributed by atoms with van der Waals surface area (Å²) in [6.07, 6.45) is 4.96. The Morgan fingerprint density at radius 1 is 1.45 bits per heavy atom. The van der Waals surface area contributed by atoms with Crippen molar-refractivity contribution in [1.82, 2.24) is 25.1 Å². The molecule has 2 rings (SSSR count). The maximum atomic E-state index is 12.0. The number of hydrogen-bond acceptors (Lipinski definition) is 4. The van der Waals surface area contributed by atoms with Crippen molar-refractivity contribution in [2.24, 2.45) is 0 Å². The van der Waals surface area contributed by atoms with E-state index in [1.54, 1.807) is 18.5 Å². The summed E-state index contributed by atoms with van der Waals surface area (Å²) in [6, 6.07) is 3.92. The van der Waals surface area contributed by atoms with Gasteiger partial charge in [0.25, 0.3) is 0 Å². The topological polar surface area (TPSA) is 75.6 Å². The monoisotopic (exact) mass is 317 g/mol. The molecule has 1 amide bonds. The van der Waals surface area contributed by atoms with E-state index in [2.05, 4.69) is 20.5 Å². The van der Waals surface area contributed by atoms with E-state index in [0.29, 0.717) is 17.1 Å². The van der Waals surface area contributed by atoms with E-state index >= 15 is 0 Å². The minimum atomic E-state index is -0.168. The molecular formula is C15H19N5OS. The molecule has 0 bridgehead atoms. The maximum absolute atomic E-state index is 12.0. The van der Waals surface area contributed by atoms with Crippen LogP contribution in [0.5, 0.6) is 0 Å². The molecule has 22 heavy (non-hydrogen) atoms. The smallest absolute Gasteiger partial charge is 0.244 e. The van der Waals surface area contributed by atoms with E-state index in [0.717, 1.165) is 11.1 Å². The van der Waals surface area contributed by atoms with E-state index in [4.69, 9.17) is 12.2 Å². The van der Waals surface area contributed by atoms with Gasteiger partial charge in [-0.1, -0.05) is 0 Å². The van der Waals surface area contributed by atoms with Crippen LogP contribution in [0.4, 0.5) is 0 Å². The second-order valence-electron chi connectivity index (χ2n) is 5.19. The molecule has 0 fully saturated rings. The van der Waals surface area contributed by atoms with Crippen LogP contribution in [0.2, 0.25) is 0 Å². The highest BCUT2D eigenvalue weighted by Crippen LogP contribution is 2.11. The van der Waals surface area contributed by atoms with Gasteiger partial charge in [0, 0.05) is 24.5 Å². The van der Waals surface area contributed by atoms with Crippen LogP contribution in [-0.4, -0.2) is 25.7 Å². The third kappa shape index (κ3) is 3.88. The molecule has 2 aromatic rings. The van der Waals surface area contributed by atoms with Crippen molar-refractivity contribution < 1.29 is 4.79 Å². The van der Waals surface area contributed by atoms with Crippen LogP contribution in [0.1, 0.15) is 38.2 Å². The summed E-state index contributed by atoms with van der Waals surface area (Å²) >= 11 is 5.18. The molecule has 6 nitrogen and oxygen atoms in total. The summed E-state index contributed by atoms with van der Waals surface area (Å²) in [4.78, 5) is 16.0. The van der Waals surface area contributed by atoms with Gasteiger partial charge in [-0.2, -0.15) is 5.10 Å². The largest absolute Gasteiger partial charge is 0.345 e. The van der Waals surface area contributed by atoms with Gasteiger partial charge in [0.2, 0.25) is 5.91 Å². The molecule has 0 saturated heterocycles. The third-order valence-electron chi connectivity index (χ3n) is 3.20. The Labute approximate surface area is 134 Å². The van der Waals surface area contributed by atoms with Gasteiger partial charge in [0.15, 0.2) is 10.6 Å². The van der Waals surface area contributed by atoms with Gasteiger partial charge in [0.05, 0.1) is 6.54 Å². The van der Waals surface area contributed by atoms with Gasteiger partial charge in [0.1, 0.15) is 0 Å². The predicted molar refractivity (Wildman–Crippen MR) is 87.5 cm³/mol. The van der Waals surface area contributed by atoms with Crippen molar-refractivity contribution in [3.63, 3.8) is 0 Å². The first-order valence-electron chi connectivity index (χ1n) is 7.01. The fraction of sp³-hybridized carbons (Fsp3) is 0.333. The number of amides is 1. The molecule has 116 valence electrons. The summed E-state index contributed by atoms with van der Waals surface area (Å²) in [5.74, 6) is 0.543. The van der Waals surface area contributed by atoms with Gasteiger partial charge in [-0.05, 0) is 56.3 Å². The Morgan fingerprint density at radius 2 is 2.14 bits per heavy atom. The van der Waals surface area contributed by atoms with E-state index in [1.165, 1.54) is 0 Å². The second kappa shape index (κ2) is 7.13. The fourth-order valence-electron chi connectivity index (χ4n) is 2.11. The summed E-state index contributed by atoms with van der Waals surface area (Å²) in [5, 5.41) is 9.73. The predicted octanol–water partition coefficient (Wildman–Crippen LogP) is 2.64. The van der Waals surface area contributed by atoms with Crippen molar-refractivity contribution in [1.29, 1.82) is 0 Å². The Balaban J connectivity index is 2.03. The molecule has 0 atom stereocenters. The lowest BCUT2D eigenvalue weighted by atomic mass is 10.1.